The molecule has 0 heterocycles. The molecule has 0 saturated heterocycles. The minimum Gasteiger partial charge on any atom is -0.468 e. The van der Waals surface area contributed by atoms with Crippen molar-refractivity contribution in [1.29, 1.82) is 0 Å². The SMILES string of the molecule is CCNC(CN(C)C1CCCCCC1)(C(=O)OC)C1CC1. The molecule has 1 unspecified atom stereocenters. The van der Waals surface area contributed by atoms with Crippen LogP contribution in [-0.2, 0) is 9.53 Å². The predicted octanol–water partition coefficient (Wildman–Crippen LogP) is 2.57. The molecule has 0 aliphatic heterocycles. The third kappa shape index (κ3) is 3.98. The van der Waals surface area contributed by atoms with Gasteiger partial charge in [0, 0.05) is 12.6 Å². The Morgan fingerprint density at radius 2 is 1.81 bits per heavy atom. The number of hydrogen-bond acceptors (Lipinski definition) is 4. The molecule has 0 aromatic carbocycles. The Morgan fingerprint density at radius 3 is 2.29 bits per heavy atom. The summed E-state index contributed by atoms with van der Waals surface area (Å²) in [5.41, 5.74) is -0.495. The number of methoxy groups -OCH3 is 1. The molecule has 1 atom stereocenters. The number of nitrogens with zero attached hydrogens (tertiary/aromatic N) is 1. The van der Waals surface area contributed by atoms with Crippen LogP contribution in [0.5, 0.6) is 0 Å². The fraction of sp³-hybridized carbons (Fsp3) is 0.941. The summed E-state index contributed by atoms with van der Waals surface area (Å²) in [6, 6.07) is 0.619. The molecule has 21 heavy (non-hydrogen) atoms. The molecular weight excluding hydrogens is 264 g/mol. The highest BCUT2D eigenvalue weighted by Crippen LogP contribution is 2.41. The zero-order valence-corrected chi connectivity index (χ0v) is 14.0. The van der Waals surface area contributed by atoms with Gasteiger partial charge in [0.05, 0.1) is 7.11 Å². The monoisotopic (exact) mass is 296 g/mol. The van der Waals surface area contributed by atoms with Crippen LogP contribution < -0.4 is 5.32 Å². The van der Waals surface area contributed by atoms with Crippen LogP contribution in [-0.4, -0.2) is 49.7 Å². The molecule has 2 fully saturated rings. The minimum absolute atomic E-state index is 0.0766. The highest BCUT2D eigenvalue weighted by Gasteiger charge is 2.52. The van der Waals surface area contributed by atoms with Crippen LogP contribution in [0, 0.1) is 5.92 Å². The average Bonchev–Trinajstić information content (AvgIpc) is 3.31. The maximum atomic E-state index is 12.5. The van der Waals surface area contributed by atoms with E-state index in [1.54, 1.807) is 0 Å². The van der Waals surface area contributed by atoms with Crippen molar-refractivity contribution in [2.75, 3.05) is 27.2 Å². The van der Waals surface area contributed by atoms with Crippen molar-refractivity contribution in [2.24, 2.45) is 5.92 Å². The topological polar surface area (TPSA) is 41.6 Å². The van der Waals surface area contributed by atoms with E-state index in [-0.39, 0.29) is 5.97 Å². The Kier molecular flexibility index (Phi) is 6.06. The van der Waals surface area contributed by atoms with E-state index in [4.69, 9.17) is 4.74 Å². The van der Waals surface area contributed by atoms with Gasteiger partial charge in [-0.25, -0.2) is 4.79 Å². The van der Waals surface area contributed by atoms with Crippen LogP contribution in [0.15, 0.2) is 0 Å². The third-order valence-electron chi connectivity index (χ3n) is 5.26. The van der Waals surface area contributed by atoms with Crippen LogP contribution in [0.4, 0.5) is 0 Å². The van der Waals surface area contributed by atoms with E-state index in [0.717, 1.165) is 25.9 Å². The van der Waals surface area contributed by atoms with Gasteiger partial charge in [-0.05, 0) is 45.2 Å². The molecule has 0 aromatic heterocycles. The Balaban J connectivity index is 2.07. The zero-order chi connectivity index (χ0) is 15.3. The molecule has 0 radical (unpaired) electrons. The van der Waals surface area contributed by atoms with E-state index in [9.17, 15) is 4.79 Å². The molecule has 2 aliphatic carbocycles. The third-order valence-corrected chi connectivity index (χ3v) is 5.26. The Labute approximate surface area is 129 Å². The summed E-state index contributed by atoms with van der Waals surface area (Å²) in [5, 5.41) is 3.48. The van der Waals surface area contributed by atoms with Gasteiger partial charge in [0.2, 0.25) is 0 Å². The van der Waals surface area contributed by atoms with Gasteiger partial charge in [-0.3, -0.25) is 0 Å². The van der Waals surface area contributed by atoms with Crippen molar-refractivity contribution in [1.82, 2.24) is 10.2 Å². The zero-order valence-electron chi connectivity index (χ0n) is 14.0. The second-order valence-electron chi connectivity index (χ2n) is 6.83. The van der Waals surface area contributed by atoms with Crippen molar-refractivity contribution < 1.29 is 9.53 Å². The summed E-state index contributed by atoms with van der Waals surface area (Å²) >= 11 is 0. The van der Waals surface area contributed by atoms with Crippen molar-refractivity contribution in [3.63, 3.8) is 0 Å². The van der Waals surface area contributed by atoms with Crippen molar-refractivity contribution in [3.05, 3.63) is 0 Å². The van der Waals surface area contributed by atoms with Crippen molar-refractivity contribution >= 4 is 5.97 Å². The second-order valence-corrected chi connectivity index (χ2v) is 6.83. The lowest BCUT2D eigenvalue weighted by atomic mass is 9.91. The summed E-state index contributed by atoms with van der Waals surface area (Å²) < 4.78 is 5.15. The Morgan fingerprint density at radius 1 is 1.19 bits per heavy atom. The molecular formula is C17H32N2O2. The second kappa shape index (κ2) is 7.59. The van der Waals surface area contributed by atoms with Gasteiger partial charge in [0.15, 0.2) is 0 Å². The number of likely N-dealkylation sites (N-methyl/N-ethyl adjacent to an activating group) is 2. The van der Waals surface area contributed by atoms with Crippen molar-refractivity contribution in [3.8, 4) is 0 Å². The Hall–Kier alpha value is -0.610. The summed E-state index contributed by atoms with van der Waals surface area (Å²) in [6.07, 6.45) is 10.2. The first-order valence-corrected chi connectivity index (χ1v) is 8.67. The van der Waals surface area contributed by atoms with E-state index < -0.39 is 5.54 Å². The summed E-state index contributed by atoms with van der Waals surface area (Å²) in [7, 11) is 3.70. The molecule has 2 aliphatic rings. The van der Waals surface area contributed by atoms with E-state index in [1.165, 1.54) is 45.6 Å². The maximum absolute atomic E-state index is 12.5. The van der Waals surface area contributed by atoms with Gasteiger partial charge < -0.3 is 15.0 Å². The number of rotatable bonds is 7. The quantitative estimate of drug-likeness (QED) is 0.579. The fourth-order valence-corrected chi connectivity index (χ4v) is 3.93. The summed E-state index contributed by atoms with van der Waals surface area (Å²) in [4.78, 5) is 14.9. The maximum Gasteiger partial charge on any atom is 0.327 e. The van der Waals surface area contributed by atoms with E-state index in [1.807, 2.05) is 0 Å². The average molecular weight is 296 g/mol. The van der Waals surface area contributed by atoms with Gasteiger partial charge in [0.1, 0.15) is 5.54 Å². The first kappa shape index (κ1) is 16.8. The first-order valence-electron chi connectivity index (χ1n) is 8.67. The van der Waals surface area contributed by atoms with Crippen LogP contribution in [0.3, 0.4) is 0 Å². The molecule has 122 valence electrons. The lowest BCUT2D eigenvalue weighted by Crippen LogP contribution is -2.61. The van der Waals surface area contributed by atoms with Crippen molar-refractivity contribution in [2.45, 2.75) is 69.9 Å². The molecule has 4 nitrogen and oxygen atoms in total. The predicted molar refractivity (Wildman–Crippen MR) is 85.3 cm³/mol. The number of hydrogen-bond donors (Lipinski definition) is 1. The smallest absolute Gasteiger partial charge is 0.327 e. The highest BCUT2D eigenvalue weighted by molar-refractivity contribution is 5.82. The molecule has 4 heteroatoms. The molecule has 2 saturated carbocycles. The fourth-order valence-electron chi connectivity index (χ4n) is 3.93. The van der Waals surface area contributed by atoms with Crippen LogP contribution in [0.25, 0.3) is 0 Å². The van der Waals surface area contributed by atoms with E-state index in [0.29, 0.717) is 12.0 Å². The molecule has 1 N–H and O–H groups in total. The molecule has 0 bridgehead atoms. The summed E-state index contributed by atoms with van der Waals surface area (Å²) in [5.74, 6) is 0.366. The van der Waals surface area contributed by atoms with Gasteiger partial charge in [0.25, 0.3) is 0 Å². The van der Waals surface area contributed by atoms with Crippen LogP contribution >= 0.6 is 0 Å². The summed E-state index contributed by atoms with van der Waals surface area (Å²) in [6.45, 7) is 3.67. The number of carbonyl (C=O) groups excluding carboxylic acids is 1. The molecule has 0 aromatic rings. The Bertz CT molecular complexity index is 336. The number of esters is 1. The number of carbonyl (C=O) groups is 1. The lowest BCUT2D eigenvalue weighted by Gasteiger charge is -2.38. The largest absolute Gasteiger partial charge is 0.468 e. The van der Waals surface area contributed by atoms with Gasteiger partial charge in [-0.15, -0.1) is 0 Å². The van der Waals surface area contributed by atoms with Gasteiger partial charge >= 0.3 is 5.97 Å². The standard InChI is InChI=1S/C17H32N2O2/c1-4-18-17(14-11-12-14,16(20)21-3)13-19(2)15-9-7-5-6-8-10-15/h14-15,18H,4-13H2,1-3H3. The lowest BCUT2D eigenvalue weighted by molar-refractivity contribution is -0.151. The number of ether oxygens (including phenoxy) is 1. The molecule has 2 rings (SSSR count). The van der Waals surface area contributed by atoms with Crippen LogP contribution in [0.1, 0.15) is 58.3 Å². The number of nitrogens with one attached hydrogen (secondary N) is 1. The van der Waals surface area contributed by atoms with E-state index in [2.05, 4.69) is 24.2 Å². The molecule has 0 spiro atoms. The molecule has 0 amide bonds. The van der Waals surface area contributed by atoms with E-state index >= 15 is 0 Å². The van der Waals surface area contributed by atoms with Crippen LogP contribution in [0.2, 0.25) is 0 Å². The highest BCUT2D eigenvalue weighted by atomic mass is 16.5. The van der Waals surface area contributed by atoms with Gasteiger partial charge in [-0.2, -0.15) is 0 Å². The first-order chi connectivity index (χ1) is 10.1. The van der Waals surface area contributed by atoms with Gasteiger partial charge in [-0.1, -0.05) is 32.6 Å². The minimum atomic E-state index is -0.495. The normalized spacial score (nSPS) is 23.6.